The van der Waals surface area contributed by atoms with E-state index < -0.39 is 0 Å². The standard InChI is InChI=1S/C15H18ClFO/c16-14-5-1-11(2-6-14)9-13-4-3-12(7-8-17)15(13)10-18-15/h1-2,5-6,12-13H,3-4,7-10H2. The van der Waals surface area contributed by atoms with Crippen molar-refractivity contribution in [2.45, 2.75) is 31.3 Å². The maximum Gasteiger partial charge on any atom is 0.0976 e. The van der Waals surface area contributed by atoms with Crippen LogP contribution in [0.25, 0.3) is 0 Å². The lowest BCUT2D eigenvalue weighted by Crippen LogP contribution is -2.27. The molecular formula is C15H18ClFO. The summed E-state index contributed by atoms with van der Waals surface area (Å²) in [7, 11) is 0. The summed E-state index contributed by atoms with van der Waals surface area (Å²) in [5.74, 6) is 0.982. The molecule has 3 rings (SSSR count). The number of halogens is 2. The first kappa shape index (κ1) is 12.4. The molecule has 0 N–H and O–H groups in total. The normalized spacial score (nSPS) is 34.1. The zero-order valence-corrected chi connectivity index (χ0v) is 11.1. The van der Waals surface area contributed by atoms with Gasteiger partial charge in [0, 0.05) is 5.02 Å². The third-order valence-corrected chi connectivity index (χ3v) is 4.83. The van der Waals surface area contributed by atoms with Crippen molar-refractivity contribution in [3.63, 3.8) is 0 Å². The van der Waals surface area contributed by atoms with E-state index in [2.05, 4.69) is 12.1 Å². The molecule has 18 heavy (non-hydrogen) atoms. The van der Waals surface area contributed by atoms with Crippen molar-refractivity contribution in [2.75, 3.05) is 13.3 Å². The molecule has 3 heteroatoms. The second kappa shape index (κ2) is 4.82. The number of benzene rings is 1. The second-order valence-electron chi connectivity index (χ2n) is 5.52. The Balaban J connectivity index is 1.69. The van der Waals surface area contributed by atoms with Gasteiger partial charge in [-0.25, -0.2) is 0 Å². The summed E-state index contributed by atoms with van der Waals surface area (Å²) in [4.78, 5) is 0. The average Bonchev–Trinajstić information content (AvgIpc) is 3.09. The molecule has 98 valence electrons. The van der Waals surface area contributed by atoms with E-state index in [0.717, 1.165) is 30.9 Å². The minimum absolute atomic E-state index is 0.00568. The quantitative estimate of drug-likeness (QED) is 0.751. The lowest BCUT2D eigenvalue weighted by molar-refractivity contribution is 0.181. The van der Waals surface area contributed by atoms with Gasteiger partial charge in [-0.1, -0.05) is 23.7 Å². The van der Waals surface area contributed by atoms with Crippen LogP contribution in [-0.2, 0) is 11.2 Å². The van der Waals surface area contributed by atoms with Gasteiger partial charge in [0.25, 0.3) is 0 Å². The summed E-state index contributed by atoms with van der Waals surface area (Å²) in [6.45, 7) is 0.610. The molecule has 1 aromatic carbocycles. The lowest BCUT2D eigenvalue weighted by Gasteiger charge is -2.20. The van der Waals surface area contributed by atoms with Crippen LogP contribution in [0.15, 0.2) is 24.3 Å². The molecule has 1 saturated heterocycles. The van der Waals surface area contributed by atoms with E-state index in [1.54, 1.807) is 0 Å². The molecular weight excluding hydrogens is 251 g/mol. The number of hydrogen-bond donors (Lipinski definition) is 0. The first-order valence-corrected chi connectivity index (χ1v) is 7.07. The van der Waals surface area contributed by atoms with Crippen LogP contribution in [0.1, 0.15) is 24.8 Å². The highest BCUT2D eigenvalue weighted by Crippen LogP contribution is 2.54. The summed E-state index contributed by atoms with van der Waals surface area (Å²) >= 11 is 5.89. The number of rotatable bonds is 4. The highest BCUT2D eigenvalue weighted by molar-refractivity contribution is 6.30. The van der Waals surface area contributed by atoms with Crippen LogP contribution in [0.2, 0.25) is 5.02 Å². The molecule has 0 aromatic heterocycles. The molecule has 2 fully saturated rings. The monoisotopic (exact) mass is 268 g/mol. The largest absolute Gasteiger partial charge is 0.369 e. The van der Waals surface area contributed by atoms with Gasteiger partial charge in [-0.15, -0.1) is 0 Å². The predicted octanol–water partition coefficient (Wildman–Crippen LogP) is 4.04. The van der Waals surface area contributed by atoms with E-state index in [-0.39, 0.29) is 12.3 Å². The summed E-state index contributed by atoms with van der Waals surface area (Å²) in [5, 5.41) is 0.776. The molecule has 1 aromatic rings. The Hall–Kier alpha value is -0.600. The van der Waals surface area contributed by atoms with Crippen LogP contribution in [0, 0.1) is 11.8 Å². The molecule has 1 nitrogen and oxygen atoms in total. The maximum absolute atomic E-state index is 12.5. The van der Waals surface area contributed by atoms with Gasteiger partial charge in [0.15, 0.2) is 0 Å². The van der Waals surface area contributed by atoms with E-state index in [1.165, 1.54) is 5.56 Å². The van der Waals surface area contributed by atoms with E-state index in [9.17, 15) is 4.39 Å². The van der Waals surface area contributed by atoms with Crippen LogP contribution in [0.3, 0.4) is 0 Å². The Labute approximate surface area is 112 Å². The fraction of sp³-hybridized carbons (Fsp3) is 0.600. The Morgan fingerprint density at radius 1 is 1.22 bits per heavy atom. The third kappa shape index (κ3) is 2.17. The highest BCUT2D eigenvalue weighted by atomic mass is 35.5. The molecule has 1 aliphatic heterocycles. The van der Waals surface area contributed by atoms with E-state index in [0.29, 0.717) is 18.3 Å². The molecule has 0 amide bonds. The second-order valence-corrected chi connectivity index (χ2v) is 5.96. The van der Waals surface area contributed by atoms with E-state index >= 15 is 0 Å². The minimum Gasteiger partial charge on any atom is -0.369 e. The topological polar surface area (TPSA) is 12.5 Å². The molecule has 1 aliphatic carbocycles. The molecule has 2 aliphatic rings. The maximum atomic E-state index is 12.5. The van der Waals surface area contributed by atoms with Gasteiger partial charge in [-0.3, -0.25) is 4.39 Å². The van der Waals surface area contributed by atoms with Gasteiger partial charge in [0.2, 0.25) is 0 Å². The van der Waals surface area contributed by atoms with Gasteiger partial charge in [0.1, 0.15) is 0 Å². The van der Waals surface area contributed by atoms with Crippen molar-refractivity contribution < 1.29 is 9.13 Å². The molecule has 0 bridgehead atoms. The third-order valence-electron chi connectivity index (χ3n) is 4.58. The fourth-order valence-corrected chi connectivity index (χ4v) is 3.61. The first-order chi connectivity index (χ1) is 8.74. The lowest BCUT2D eigenvalue weighted by atomic mass is 9.84. The molecule has 1 heterocycles. The summed E-state index contributed by atoms with van der Waals surface area (Å²) < 4.78 is 18.3. The van der Waals surface area contributed by atoms with Crippen molar-refractivity contribution >= 4 is 11.6 Å². The van der Waals surface area contributed by atoms with Crippen molar-refractivity contribution in [3.8, 4) is 0 Å². The summed E-state index contributed by atoms with van der Waals surface area (Å²) in [5.41, 5.74) is 1.31. The molecule has 1 saturated carbocycles. The zero-order valence-electron chi connectivity index (χ0n) is 10.4. The summed E-state index contributed by atoms with van der Waals surface area (Å²) in [6.07, 6.45) is 3.96. The molecule has 3 unspecified atom stereocenters. The van der Waals surface area contributed by atoms with E-state index in [1.807, 2.05) is 12.1 Å². The van der Waals surface area contributed by atoms with Crippen LogP contribution in [0.5, 0.6) is 0 Å². The zero-order chi connectivity index (χ0) is 12.6. The SMILES string of the molecule is FCCC1CCC(Cc2ccc(Cl)cc2)C12CO2. The minimum atomic E-state index is -0.219. The smallest absolute Gasteiger partial charge is 0.0976 e. The average molecular weight is 269 g/mol. The summed E-state index contributed by atoms with van der Waals surface area (Å²) in [6, 6.07) is 8.04. The molecule has 1 spiro atoms. The number of ether oxygens (including phenoxy) is 1. The Morgan fingerprint density at radius 2 is 1.89 bits per heavy atom. The van der Waals surface area contributed by atoms with Crippen molar-refractivity contribution in [2.24, 2.45) is 11.8 Å². The number of alkyl halides is 1. The molecule has 3 atom stereocenters. The van der Waals surface area contributed by atoms with Crippen molar-refractivity contribution in [1.82, 2.24) is 0 Å². The molecule has 0 radical (unpaired) electrons. The van der Waals surface area contributed by atoms with Gasteiger partial charge in [0.05, 0.1) is 18.9 Å². The Morgan fingerprint density at radius 3 is 2.50 bits per heavy atom. The number of hydrogen-bond acceptors (Lipinski definition) is 1. The van der Waals surface area contributed by atoms with Crippen LogP contribution < -0.4 is 0 Å². The predicted molar refractivity (Wildman–Crippen MR) is 70.6 cm³/mol. The van der Waals surface area contributed by atoms with Gasteiger partial charge in [-0.05, 0) is 55.2 Å². The van der Waals surface area contributed by atoms with Crippen LogP contribution >= 0.6 is 11.6 Å². The first-order valence-electron chi connectivity index (χ1n) is 6.69. The van der Waals surface area contributed by atoms with Gasteiger partial charge < -0.3 is 4.74 Å². The van der Waals surface area contributed by atoms with Crippen molar-refractivity contribution in [1.29, 1.82) is 0 Å². The van der Waals surface area contributed by atoms with Crippen LogP contribution in [0.4, 0.5) is 4.39 Å². The van der Waals surface area contributed by atoms with Gasteiger partial charge >= 0.3 is 0 Å². The number of epoxide rings is 1. The Kier molecular flexibility index (Phi) is 3.33. The van der Waals surface area contributed by atoms with Crippen molar-refractivity contribution in [3.05, 3.63) is 34.9 Å². The Bertz CT molecular complexity index is 413. The van der Waals surface area contributed by atoms with Gasteiger partial charge in [-0.2, -0.15) is 0 Å². The van der Waals surface area contributed by atoms with Crippen LogP contribution in [-0.4, -0.2) is 18.9 Å². The van der Waals surface area contributed by atoms with E-state index in [4.69, 9.17) is 16.3 Å². The highest BCUT2D eigenvalue weighted by Gasteiger charge is 2.59. The fourth-order valence-electron chi connectivity index (χ4n) is 3.48.